The van der Waals surface area contributed by atoms with E-state index in [1.54, 1.807) is 6.20 Å². The average Bonchev–Trinajstić information content (AvgIpc) is 3.02. The van der Waals surface area contributed by atoms with E-state index in [-0.39, 0.29) is 0 Å². The van der Waals surface area contributed by atoms with Gasteiger partial charge in [-0.05, 0) is 35.4 Å². The predicted molar refractivity (Wildman–Crippen MR) is 119 cm³/mol. The molecule has 3 aromatic carbocycles. The summed E-state index contributed by atoms with van der Waals surface area (Å²) in [6.07, 6.45) is 1.69. The summed E-state index contributed by atoms with van der Waals surface area (Å²) in [6, 6.07) is 28.3. The Morgan fingerprint density at radius 2 is 1.17 bits per heavy atom. The summed E-state index contributed by atoms with van der Waals surface area (Å²) in [5.74, 6) is 0.441. The van der Waals surface area contributed by atoms with Crippen molar-refractivity contribution in [1.82, 2.24) is 4.98 Å². The minimum absolute atomic E-state index is 0.441. The van der Waals surface area contributed by atoms with Crippen molar-refractivity contribution in [1.29, 1.82) is 0 Å². The maximum Gasteiger partial charge on any atom is 0.162 e. The normalized spacial score (nSPS) is 13.4. The zero-order valence-corrected chi connectivity index (χ0v) is 15.8. The van der Waals surface area contributed by atoms with Gasteiger partial charge in [0.1, 0.15) is 5.82 Å². The van der Waals surface area contributed by atoms with Crippen molar-refractivity contribution in [3.05, 3.63) is 102 Å². The number of hydrogen-bond acceptors (Lipinski definition) is 5. The molecule has 1 aliphatic rings. The quantitative estimate of drug-likeness (QED) is 0.306. The molecule has 0 bridgehead atoms. The number of rotatable bonds is 4. The zero-order valence-electron chi connectivity index (χ0n) is 15.8. The lowest BCUT2D eigenvalue weighted by atomic mass is 9.95. The van der Waals surface area contributed by atoms with Crippen LogP contribution in [0.5, 0.6) is 0 Å². The number of benzene rings is 3. The number of nitrogens with two attached hydrogens (primary N) is 2. The van der Waals surface area contributed by atoms with Crippen LogP contribution in [0.15, 0.2) is 91.1 Å². The highest BCUT2D eigenvalue weighted by molar-refractivity contribution is 5.86. The second-order valence-corrected chi connectivity index (χ2v) is 7.11. The van der Waals surface area contributed by atoms with Crippen LogP contribution in [0.1, 0.15) is 11.1 Å². The largest absolute Gasteiger partial charge is 0.397 e. The van der Waals surface area contributed by atoms with Crippen LogP contribution in [-0.4, -0.2) is 4.98 Å². The van der Waals surface area contributed by atoms with E-state index in [4.69, 9.17) is 11.5 Å². The molecule has 0 amide bonds. The Kier molecular flexibility index (Phi) is 3.88. The molecule has 6 N–H and O–H groups in total. The van der Waals surface area contributed by atoms with E-state index in [0.717, 1.165) is 22.5 Å². The number of aromatic nitrogens is 1. The lowest BCUT2D eigenvalue weighted by Gasteiger charge is -2.36. The third-order valence-electron chi connectivity index (χ3n) is 5.40. The van der Waals surface area contributed by atoms with Gasteiger partial charge in [-0.15, -0.1) is 0 Å². The van der Waals surface area contributed by atoms with Gasteiger partial charge in [0.25, 0.3) is 0 Å². The molecule has 29 heavy (non-hydrogen) atoms. The highest BCUT2D eigenvalue weighted by atomic mass is 15.2. The molecule has 1 aromatic heterocycles. The van der Waals surface area contributed by atoms with Gasteiger partial charge < -0.3 is 22.1 Å². The van der Waals surface area contributed by atoms with Crippen molar-refractivity contribution in [3.63, 3.8) is 0 Å². The van der Waals surface area contributed by atoms with Gasteiger partial charge in [-0.3, -0.25) is 0 Å². The molecule has 4 aromatic rings. The molecule has 5 nitrogen and oxygen atoms in total. The lowest BCUT2D eigenvalue weighted by Crippen LogP contribution is -2.43. The topological polar surface area (TPSA) is 89.0 Å². The fraction of sp³-hybridized carbons (Fsp3) is 0.0417. The second-order valence-electron chi connectivity index (χ2n) is 7.11. The second kappa shape index (κ2) is 6.56. The molecule has 0 atom stereocenters. The van der Waals surface area contributed by atoms with Crippen molar-refractivity contribution in [3.8, 4) is 11.1 Å². The van der Waals surface area contributed by atoms with E-state index in [0.29, 0.717) is 11.5 Å². The van der Waals surface area contributed by atoms with Crippen molar-refractivity contribution < 1.29 is 0 Å². The molecular weight excluding hydrogens is 358 g/mol. The number of nitrogens with one attached hydrogen (secondary N) is 2. The van der Waals surface area contributed by atoms with Crippen LogP contribution in [-0.2, 0) is 5.66 Å². The Hall–Kier alpha value is -3.99. The smallest absolute Gasteiger partial charge is 0.162 e. The van der Waals surface area contributed by atoms with Crippen LogP contribution in [0.25, 0.3) is 11.1 Å². The standard InChI is InChI=1S/C24H21N5/c25-20-12-5-6-13-21(20)28-24(29-22-14-7-15-27-23(22)26)18-10-3-1-8-16(18)17-9-2-4-11-19(17)24/h1-15,28-29H,25H2,(H2,26,27). The van der Waals surface area contributed by atoms with Crippen LogP contribution in [0.4, 0.5) is 22.9 Å². The van der Waals surface area contributed by atoms with Crippen LogP contribution in [0.2, 0.25) is 0 Å². The van der Waals surface area contributed by atoms with E-state index in [1.165, 1.54) is 11.1 Å². The fourth-order valence-corrected chi connectivity index (χ4v) is 4.07. The average molecular weight is 379 g/mol. The zero-order chi connectivity index (χ0) is 19.8. The molecule has 142 valence electrons. The Morgan fingerprint density at radius 3 is 1.83 bits per heavy atom. The van der Waals surface area contributed by atoms with Crippen molar-refractivity contribution >= 4 is 22.9 Å². The number of para-hydroxylation sites is 2. The van der Waals surface area contributed by atoms with Gasteiger partial charge in [0.2, 0.25) is 0 Å². The minimum atomic E-state index is -0.750. The Morgan fingerprint density at radius 1 is 0.621 bits per heavy atom. The van der Waals surface area contributed by atoms with Crippen molar-refractivity contribution in [2.24, 2.45) is 0 Å². The first-order valence-electron chi connectivity index (χ1n) is 9.50. The lowest BCUT2D eigenvalue weighted by molar-refractivity contribution is 0.700. The fourth-order valence-electron chi connectivity index (χ4n) is 4.07. The summed E-state index contributed by atoms with van der Waals surface area (Å²) in [7, 11) is 0. The van der Waals surface area contributed by atoms with Crippen LogP contribution in [0.3, 0.4) is 0 Å². The number of fused-ring (bicyclic) bond motifs is 3. The Balaban J connectivity index is 1.77. The van der Waals surface area contributed by atoms with Gasteiger partial charge in [0, 0.05) is 17.3 Å². The first kappa shape index (κ1) is 17.1. The van der Waals surface area contributed by atoms with E-state index in [9.17, 15) is 0 Å². The molecular formula is C24H21N5. The molecule has 5 rings (SSSR count). The molecule has 0 radical (unpaired) electrons. The first-order valence-corrected chi connectivity index (χ1v) is 9.50. The molecule has 5 heteroatoms. The monoisotopic (exact) mass is 379 g/mol. The minimum Gasteiger partial charge on any atom is -0.397 e. The number of nitrogen functional groups attached to an aromatic ring is 2. The molecule has 0 spiro atoms. The first-order chi connectivity index (χ1) is 14.2. The van der Waals surface area contributed by atoms with Crippen LogP contribution >= 0.6 is 0 Å². The Labute approximate surface area is 169 Å². The van der Waals surface area contributed by atoms with Crippen LogP contribution < -0.4 is 22.1 Å². The number of pyridine rings is 1. The highest BCUT2D eigenvalue weighted by Gasteiger charge is 2.44. The molecule has 0 aliphatic heterocycles. The summed E-state index contributed by atoms with van der Waals surface area (Å²) in [5, 5.41) is 7.35. The predicted octanol–water partition coefficient (Wildman–Crippen LogP) is 4.65. The molecule has 0 unspecified atom stereocenters. The molecule has 1 aliphatic carbocycles. The Bertz CT molecular complexity index is 1110. The van der Waals surface area contributed by atoms with E-state index in [1.807, 2.05) is 48.5 Å². The van der Waals surface area contributed by atoms with Gasteiger partial charge in [0.15, 0.2) is 5.66 Å². The summed E-state index contributed by atoms with van der Waals surface area (Å²) >= 11 is 0. The van der Waals surface area contributed by atoms with E-state index in [2.05, 4.69) is 52.0 Å². The number of nitrogens with zero attached hydrogens (tertiary/aromatic N) is 1. The maximum atomic E-state index is 6.29. The highest BCUT2D eigenvalue weighted by Crippen LogP contribution is 2.49. The summed E-state index contributed by atoms with van der Waals surface area (Å²) < 4.78 is 0. The van der Waals surface area contributed by atoms with Gasteiger partial charge in [-0.25, -0.2) is 4.98 Å². The van der Waals surface area contributed by atoms with Gasteiger partial charge in [-0.2, -0.15) is 0 Å². The molecule has 0 saturated carbocycles. The molecule has 0 saturated heterocycles. The van der Waals surface area contributed by atoms with Crippen molar-refractivity contribution in [2.75, 3.05) is 22.1 Å². The number of anilines is 4. The van der Waals surface area contributed by atoms with E-state index < -0.39 is 5.66 Å². The van der Waals surface area contributed by atoms with Crippen molar-refractivity contribution in [2.45, 2.75) is 5.66 Å². The van der Waals surface area contributed by atoms with Gasteiger partial charge in [0.05, 0.1) is 17.1 Å². The van der Waals surface area contributed by atoms with Crippen LogP contribution in [0, 0.1) is 0 Å². The SMILES string of the molecule is Nc1ccccc1NC1(Nc2cccnc2N)c2ccccc2-c2ccccc21. The summed E-state index contributed by atoms with van der Waals surface area (Å²) in [6.45, 7) is 0. The van der Waals surface area contributed by atoms with E-state index >= 15 is 0 Å². The number of hydrogen-bond donors (Lipinski definition) is 4. The van der Waals surface area contributed by atoms with Gasteiger partial charge in [-0.1, -0.05) is 60.7 Å². The summed E-state index contributed by atoms with van der Waals surface area (Å²) in [5.41, 5.74) is 18.5. The third-order valence-corrected chi connectivity index (χ3v) is 5.40. The molecule has 0 fully saturated rings. The summed E-state index contributed by atoms with van der Waals surface area (Å²) in [4.78, 5) is 4.25. The van der Waals surface area contributed by atoms with Gasteiger partial charge >= 0.3 is 0 Å². The third kappa shape index (κ3) is 2.67. The molecule has 1 heterocycles. The maximum absolute atomic E-state index is 6.29.